The van der Waals surface area contributed by atoms with E-state index < -0.39 is 10.0 Å². The van der Waals surface area contributed by atoms with Crippen molar-refractivity contribution >= 4 is 10.0 Å². The van der Waals surface area contributed by atoms with Crippen LogP contribution in [-0.4, -0.2) is 45.3 Å². The summed E-state index contributed by atoms with van der Waals surface area (Å²) in [5.74, 6) is -0.0372. The molecule has 1 unspecified atom stereocenters. The summed E-state index contributed by atoms with van der Waals surface area (Å²) in [5.41, 5.74) is 0. The molecule has 1 aliphatic rings. The van der Waals surface area contributed by atoms with Gasteiger partial charge in [0.25, 0.3) is 0 Å². The molecule has 0 spiro atoms. The van der Waals surface area contributed by atoms with Crippen molar-refractivity contribution in [2.24, 2.45) is 5.92 Å². The number of nitriles is 1. The summed E-state index contributed by atoms with van der Waals surface area (Å²) < 4.78 is 30.0. The van der Waals surface area contributed by atoms with E-state index in [4.69, 9.17) is 10.00 Å². The van der Waals surface area contributed by atoms with E-state index in [2.05, 4.69) is 6.07 Å². The average molecular weight is 246 g/mol. The van der Waals surface area contributed by atoms with Crippen LogP contribution in [0.3, 0.4) is 0 Å². The lowest BCUT2D eigenvalue weighted by Gasteiger charge is -2.28. The third-order valence-electron chi connectivity index (χ3n) is 2.71. The molecule has 0 N–H and O–H groups in total. The second-order valence-corrected chi connectivity index (χ2v) is 6.08. The number of ether oxygens (including phenoxy) is 1. The van der Waals surface area contributed by atoms with Crippen molar-refractivity contribution < 1.29 is 13.2 Å². The van der Waals surface area contributed by atoms with Crippen molar-refractivity contribution in [3.63, 3.8) is 0 Å². The molecule has 0 aromatic heterocycles. The van der Waals surface area contributed by atoms with E-state index in [1.807, 2.05) is 0 Å². The molecule has 0 radical (unpaired) electrons. The first-order valence-corrected chi connectivity index (χ1v) is 7.07. The fraction of sp³-hybridized carbons (Fsp3) is 0.900. The molecule has 1 saturated heterocycles. The average Bonchev–Trinajstić information content (AvgIpc) is 2.29. The fourth-order valence-electron chi connectivity index (χ4n) is 1.82. The van der Waals surface area contributed by atoms with Crippen molar-refractivity contribution in [2.75, 3.05) is 32.6 Å². The first kappa shape index (κ1) is 13.4. The minimum atomic E-state index is -3.20. The van der Waals surface area contributed by atoms with E-state index in [-0.39, 0.29) is 11.7 Å². The van der Waals surface area contributed by atoms with Gasteiger partial charge in [-0.1, -0.05) is 0 Å². The quantitative estimate of drug-likeness (QED) is 0.666. The van der Waals surface area contributed by atoms with E-state index in [1.54, 1.807) is 7.11 Å². The van der Waals surface area contributed by atoms with Crippen LogP contribution >= 0.6 is 0 Å². The second-order valence-electron chi connectivity index (χ2n) is 3.99. The molecule has 0 saturated carbocycles. The Balaban J connectivity index is 2.51. The fourth-order valence-corrected chi connectivity index (χ4v) is 3.37. The zero-order chi connectivity index (χ0) is 12.0. The van der Waals surface area contributed by atoms with Gasteiger partial charge in [0.2, 0.25) is 10.0 Å². The Hall–Kier alpha value is -0.640. The maximum absolute atomic E-state index is 11.9. The SMILES string of the molecule is COCCCS(=O)(=O)N1CCCC(C#N)C1. The van der Waals surface area contributed by atoms with Gasteiger partial charge >= 0.3 is 0 Å². The zero-order valence-corrected chi connectivity index (χ0v) is 10.4. The third kappa shape index (κ3) is 3.74. The van der Waals surface area contributed by atoms with Crippen LogP contribution in [-0.2, 0) is 14.8 Å². The lowest BCUT2D eigenvalue weighted by Crippen LogP contribution is -2.40. The van der Waals surface area contributed by atoms with Crippen LogP contribution in [0, 0.1) is 17.2 Å². The summed E-state index contributed by atoms with van der Waals surface area (Å²) in [6.07, 6.45) is 2.09. The first-order chi connectivity index (χ1) is 7.60. The van der Waals surface area contributed by atoms with Gasteiger partial charge < -0.3 is 4.74 Å². The van der Waals surface area contributed by atoms with E-state index >= 15 is 0 Å². The van der Waals surface area contributed by atoms with Gasteiger partial charge in [-0.2, -0.15) is 5.26 Å². The Morgan fingerprint density at radius 1 is 1.56 bits per heavy atom. The Morgan fingerprint density at radius 2 is 2.31 bits per heavy atom. The number of piperidine rings is 1. The van der Waals surface area contributed by atoms with Gasteiger partial charge in [0.05, 0.1) is 17.7 Å². The van der Waals surface area contributed by atoms with Crippen LogP contribution in [0.1, 0.15) is 19.3 Å². The predicted octanol–water partition coefficient (Wildman–Crippen LogP) is 0.588. The van der Waals surface area contributed by atoms with Crippen LogP contribution in [0.4, 0.5) is 0 Å². The van der Waals surface area contributed by atoms with Gasteiger partial charge in [0.15, 0.2) is 0 Å². The summed E-state index contributed by atoms with van der Waals surface area (Å²) in [6.45, 7) is 1.36. The molecule has 0 aliphatic carbocycles. The molecule has 0 aromatic rings. The largest absolute Gasteiger partial charge is 0.385 e. The molecule has 5 nitrogen and oxygen atoms in total. The van der Waals surface area contributed by atoms with Crippen molar-refractivity contribution in [3.8, 4) is 6.07 Å². The van der Waals surface area contributed by atoms with E-state index in [0.717, 1.165) is 12.8 Å². The first-order valence-electron chi connectivity index (χ1n) is 5.46. The van der Waals surface area contributed by atoms with Crippen molar-refractivity contribution in [1.82, 2.24) is 4.31 Å². The number of sulfonamides is 1. The number of hydrogen-bond donors (Lipinski definition) is 0. The molecular formula is C10H18N2O3S. The maximum Gasteiger partial charge on any atom is 0.214 e. The van der Waals surface area contributed by atoms with Crippen molar-refractivity contribution in [1.29, 1.82) is 5.26 Å². The molecule has 1 aliphatic heterocycles. The highest BCUT2D eigenvalue weighted by atomic mass is 32.2. The van der Waals surface area contributed by atoms with Crippen LogP contribution in [0.5, 0.6) is 0 Å². The third-order valence-corrected chi connectivity index (χ3v) is 4.63. The van der Waals surface area contributed by atoms with Gasteiger partial charge in [0.1, 0.15) is 0 Å². The van der Waals surface area contributed by atoms with E-state index in [1.165, 1.54) is 4.31 Å². The second kappa shape index (κ2) is 6.18. The van der Waals surface area contributed by atoms with Crippen LogP contribution in [0.2, 0.25) is 0 Å². The molecule has 92 valence electrons. The summed E-state index contributed by atoms with van der Waals surface area (Å²) in [6, 6.07) is 2.14. The zero-order valence-electron chi connectivity index (χ0n) is 9.55. The highest BCUT2D eigenvalue weighted by Crippen LogP contribution is 2.18. The van der Waals surface area contributed by atoms with Gasteiger partial charge in [0, 0.05) is 26.8 Å². The molecule has 16 heavy (non-hydrogen) atoms. The van der Waals surface area contributed by atoms with Gasteiger partial charge in [-0.3, -0.25) is 0 Å². The molecule has 1 atom stereocenters. The van der Waals surface area contributed by atoms with Gasteiger partial charge in [-0.15, -0.1) is 0 Å². The van der Waals surface area contributed by atoms with Crippen molar-refractivity contribution in [2.45, 2.75) is 19.3 Å². The minimum Gasteiger partial charge on any atom is -0.385 e. The lowest BCUT2D eigenvalue weighted by atomic mass is 10.0. The predicted molar refractivity (Wildman–Crippen MR) is 60.2 cm³/mol. The molecule has 0 bridgehead atoms. The Bertz CT molecular complexity index is 348. The minimum absolute atomic E-state index is 0.110. The van der Waals surface area contributed by atoms with Crippen LogP contribution in [0.25, 0.3) is 0 Å². The molecule has 1 rings (SSSR count). The molecule has 6 heteroatoms. The summed E-state index contributed by atoms with van der Waals surface area (Å²) >= 11 is 0. The summed E-state index contributed by atoms with van der Waals surface area (Å²) in [7, 11) is -1.64. The molecule has 0 aromatic carbocycles. The topological polar surface area (TPSA) is 70.4 Å². The van der Waals surface area contributed by atoms with Gasteiger partial charge in [-0.25, -0.2) is 12.7 Å². The smallest absolute Gasteiger partial charge is 0.214 e. The number of nitrogens with zero attached hydrogens (tertiary/aromatic N) is 2. The van der Waals surface area contributed by atoms with E-state index in [0.29, 0.717) is 26.1 Å². The molecular weight excluding hydrogens is 228 g/mol. The van der Waals surface area contributed by atoms with Crippen molar-refractivity contribution in [3.05, 3.63) is 0 Å². The Morgan fingerprint density at radius 3 is 2.94 bits per heavy atom. The summed E-state index contributed by atoms with van der Waals surface area (Å²) in [5, 5.41) is 8.80. The van der Waals surface area contributed by atoms with Gasteiger partial charge in [-0.05, 0) is 19.3 Å². The highest BCUT2D eigenvalue weighted by Gasteiger charge is 2.28. The maximum atomic E-state index is 11.9. The normalized spacial score (nSPS) is 22.9. The van der Waals surface area contributed by atoms with Crippen LogP contribution < -0.4 is 0 Å². The number of rotatable bonds is 5. The molecule has 1 fully saturated rings. The van der Waals surface area contributed by atoms with Crippen LogP contribution in [0.15, 0.2) is 0 Å². The Kier molecular flexibility index (Phi) is 5.19. The summed E-state index contributed by atoms with van der Waals surface area (Å²) in [4.78, 5) is 0. The molecule has 0 amide bonds. The molecule has 1 heterocycles. The standard InChI is InChI=1S/C10H18N2O3S/c1-15-6-3-7-16(13,14)12-5-2-4-10(8-11)9-12/h10H,2-7,9H2,1H3. The lowest BCUT2D eigenvalue weighted by molar-refractivity contribution is 0.199. The number of methoxy groups -OCH3 is 1. The highest BCUT2D eigenvalue weighted by molar-refractivity contribution is 7.89. The number of hydrogen-bond acceptors (Lipinski definition) is 4. The Labute approximate surface area is 97.0 Å². The van der Waals surface area contributed by atoms with E-state index in [9.17, 15) is 8.42 Å². The monoisotopic (exact) mass is 246 g/mol.